The molecule has 0 saturated carbocycles. The third-order valence-corrected chi connectivity index (χ3v) is 2.76. The van der Waals surface area contributed by atoms with Crippen LogP contribution in [0.5, 0.6) is 0 Å². The first kappa shape index (κ1) is 12.2. The molecule has 0 radical (unpaired) electrons. The monoisotopic (exact) mass is 237 g/mol. The number of carbonyl (C=O) groups excluding carboxylic acids is 1. The summed E-state index contributed by atoms with van der Waals surface area (Å²) in [7, 11) is 0. The molecule has 0 atom stereocenters. The van der Waals surface area contributed by atoms with Crippen LogP contribution in [-0.2, 0) is 0 Å². The summed E-state index contributed by atoms with van der Waals surface area (Å²) < 4.78 is 0. The zero-order chi connectivity index (χ0) is 13.0. The SMILES string of the molecule is Cc1ccc(C=CC(=O)c2ccccn2)c(C)c1. The van der Waals surface area contributed by atoms with Crippen LogP contribution in [0.3, 0.4) is 0 Å². The highest BCUT2D eigenvalue weighted by Crippen LogP contribution is 2.12. The van der Waals surface area contributed by atoms with Crippen LogP contribution in [0, 0.1) is 13.8 Å². The standard InChI is InChI=1S/C16H15NO/c1-12-6-7-14(13(2)11-12)8-9-16(18)15-5-3-4-10-17-15/h3-11H,1-2H3. The second-order valence-corrected chi connectivity index (χ2v) is 4.27. The first-order valence-corrected chi connectivity index (χ1v) is 5.87. The van der Waals surface area contributed by atoms with Gasteiger partial charge in [-0.15, -0.1) is 0 Å². The van der Waals surface area contributed by atoms with Gasteiger partial charge in [-0.1, -0.05) is 35.9 Å². The Kier molecular flexibility index (Phi) is 3.68. The number of aryl methyl sites for hydroxylation is 2. The van der Waals surface area contributed by atoms with Crippen molar-refractivity contribution in [2.24, 2.45) is 0 Å². The molecule has 0 aliphatic heterocycles. The lowest BCUT2D eigenvalue weighted by Crippen LogP contribution is -1.96. The van der Waals surface area contributed by atoms with Crippen molar-refractivity contribution in [1.29, 1.82) is 0 Å². The van der Waals surface area contributed by atoms with E-state index in [4.69, 9.17) is 0 Å². The van der Waals surface area contributed by atoms with E-state index in [1.54, 1.807) is 24.4 Å². The summed E-state index contributed by atoms with van der Waals surface area (Å²) in [6, 6.07) is 11.5. The minimum atomic E-state index is -0.0735. The maximum absolute atomic E-state index is 11.8. The van der Waals surface area contributed by atoms with Gasteiger partial charge in [-0.2, -0.15) is 0 Å². The van der Waals surface area contributed by atoms with Gasteiger partial charge in [0, 0.05) is 6.20 Å². The number of hydrogen-bond acceptors (Lipinski definition) is 2. The largest absolute Gasteiger partial charge is 0.288 e. The predicted molar refractivity (Wildman–Crippen MR) is 73.5 cm³/mol. The van der Waals surface area contributed by atoms with Crippen LogP contribution in [0.25, 0.3) is 6.08 Å². The Morgan fingerprint density at radius 3 is 2.67 bits per heavy atom. The summed E-state index contributed by atoms with van der Waals surface area (Å²) in [5, 5.41) is 0. The first-order chi connectivity index (χ1) is 8.66. The molecule has 90 valence electrons. The van der Waals surface area contributed by atoms with E-state index in [-0.39, 0.29) is 5.78 Å². The van der Waals surface area contributed by atoms with Crippen molar-refractivity contribution in [2.75, 3.05) is 0 Å². The van der Waals surface area contributed by atoms with E-state index in [1.807, 2.05) is 31.2 Å². The highest BCUT2D eigenvalue weighted by atomic mass is 16.1. The number of aromatic nitrogens is 1. The number of benzene rings is 1. The molecule has 0 fully saturated rings. The molecule has 0 unspecified atom stereocenters. The van der Waals surface area contributed by atoms with Crippen LogP contribution < -0.4 is 0 Å². The Hall–Kier alpha value is -2.22. The molecule has 2 rings (SSSR count). The Morgan fingerprint density at radius 2 is 2.00 bits per heavy atom. The maximum Gasteiger partial charge on any atom is 0.204 e. The Balaban J connectivity index is 2.19. The molecule has 1 aromatic heterocycles. The average Bonchev–Trinajstić information content (AvgIpc) is 2.38. The van der Waals surface area contributed by atoms with Crippen molar-refractivity contribution in [2.45, 2.75) is 13.8 Å². The van der Waals surface area contributed by atoms with Crippen LogP contribution in [0.4, 0.5) is 0 Å². The average molecular weight is 237 g/mol. The van der Waals surface area contributed by atoms with Gasteiger partial charge in [-0.05, 0) is 43.2 Å². The molecule has 0 aliphatic rings. The lowest BCUT2D eigenvalue weighted by molar-refractivity contribution is 0.104. The highest BCUT2D eigenvalue weighted by molar-refractivity contribution is 6.05. The number of hydrogen-bond donors (Lipinski definition) is 0. The fraction of sp³-hybridized carbons (Fsp3) is 0.125. The van der Waals surface area contributed by atoms with Gasteiger partial charge in [0.1, 0.15) is 5.69 Å². The van der Waals surface area contributed by atoms with Crippen molar-refractivity contribution in [3.63, 3.8) is 0 Å². The number of ketones is 1. The number of nitrogens with zero attached hydrogens (tertiary/aromatic N) is 1. The molecular weight excluding hydrogens is 222 g/mol. The molecule has 1 aromatic carbocycles. The molecule has 0 bridgehead atoms. The van der Waals surface area contributed by atoms with Crippen LogP contribution in [0.15, 0.2) is 48.7 Å². The topological polar surface area (TPSA) is 30.0 Å². The predicted octanol–water partition coefficient (Wildman–Crippen LogP) is 3.59. The number of allylic oxidation sites excluding steroid dienone is 1. The van der Waals surface area contributed by atoms with Crippen molar-refractivity contribution >= 4 is 11.9 Å². The van der Waals surface area contributed by atoms with E-state index in [2.05, 4.69) is 18.0 Å². The summed E-state index contributed by atoms with van der Waals surface area (Å²) in [6.07, 6.45) is 5.03. The van der Waals surface area contributed by atoms with Gasteiger partial charge >= 0.3 is 0 Å². The van der Waals surface area contributed by atoms with Gasteiger partial charge in [0.05, 0.1) is 0 Å². The van der Waals surface area contributed by atoms with Crippen LogP contribution in [0.1, 0.15) is 27.2 Å². The van der Waals surface area contributed by atoms with Gasteiger partial charge in [-0.25, -0.2) is 0 Å². The van der Waals surface area contributed by atoms with Crippen molar-refractivity contribution in [3.8, 4) is 0 Å². The minimum Gasteiger partial charge on any atom is -0.288 e. The van der Waals surface area contributed by atoms with E-state index >= 15 is 0 Å². The smallest absolute Gasteiger partial charge is 0.204 e. The molecular formula is C16H15NO. The van der Waals surface area contributed by atoms with Crippen LogP contribution in [-0.4, -0.2) is 10.8 Å². The summed E-state index contributed by atoms with van der Waals surface area (Å²) in [4.78, 5) is 15.9. The highest BCUT2D eigenvalue weighted by Gasteiger charge is 2.01. The molecule has 2 aromatic rings. The minimum absolute atomic E-state index is 0.0735. The van der Waals surface area contributed by atoms with Crippen molar-refractivity contribution in [1.82, 2.24) is 4.98 Å². The Morgan fingerprint density at radius 1 is 1.17 bits per heavy atom. The normalized spacial score (nSPS) is 10.8. The van der Waals surface area contributed by atoms with E-state index in [0.29, 0.717) is 5.69 Å². The molecule has 0 N–H and O–H groups in total. The van der Waals surface area contributed by atoms with Gasteiger partial charge in [0.2, 0.25) is 5.78 Å². The molecule has 2 heteroatoms. The summed E-state index contributed by atoms with van der Waals surface area (Å²) >= 11 is 0. The first-order valence-electron chi connectivity index (χ1n) is 5.87. The molecule has 18 heavy (non-hydrogen) atoms. The van der Waals surface area contributed by atoms with Gasteiger partial charge in [0.25, 0.3) is 0 Å². The van der Waals surface area contributed by atoms with Gasteiger partial charge in [-0.3, -0.25) is 9.78 Å². The third-order valence-electron chi connectivity index (χ3n) is 2.76. The summed E-state index contributed by atoms with van der Waals surface area (Å²) in [5.74, 6) is -0.0735. The molecule has 1 heterocycles. The van der Waals surface area contributed by atoms with E-state index < -0.39 is 0 Å². The van der Waals surface area contributed by atoms with E-state index in [0.717, 1.165) is 5.56 Å². The fourth-order valence-corrected chi connectivity index (χ4v) is 1.77. The van der Waals surface area contributed by atoms with Crippen LogP contribution >= 0.6 is 0 Å². The summed E-state index contributed by atoms with van der Waals surface area (Å²) in [5.41, 5.74) is 3.92. The molecule has 0 spiro atoms. The fourth-order valence-electron chi connectivity index (χ4n) is 1.77. The molecule has 2 nitrogen and oxygen atoms in total. The number of rotatable bonds is 3. The Labute approximate surface area is 107 Å². The van der Waals surface area contributed by atoms with E-state index in [1.165, 1.54) is 11.1 Å². The number of carbonyl (C=O) groups is 1. The second-order valence-electron chi connectivity index (χ2n) is 4.27. The molecule has 0 saturated heterocycles. The quantitative estimate of drug-likeness (QED) is 0.603. The number of pyridine rings is 1. The third kappa shape index (κ3) is 2.92. The summed E-state index contributed by atoms with van der Waals surface area (Å²) in [6.45, 7) is 4.09. The van der Waals surface area contributed by atoms with Crippen LogP contribution in [0.2, 0.25) is 0 Å². The van der Waals surface area contributed by atoms with Crippen molar-refractivity contribution < 1.29 is 4.79 Å². The lowest BCUT2D eigenvalue weighted by Gasteiger charge is -2.01. The van der Waals surface area contributed by atoms with Gasteiger partial charge in [0.15, 0.2) is 0 Å². The second kappa shape index (κ2) is 5.41. The molecule has 0 amide bonds. The lowest BCUT2D eigenvalue weighted by atomic mass is 10.0. The van der Waals surface area contributed by atoms with Gasteiger partial charge < -0.3 is 0 Å². The van der Waals surface area contributed by atoms with Crippen molar-refractivity contribution in [3.05, 3.63) is 71.1 Å². The van der Waals surface area contributed by atoms with E-state index in [9.17, 15) is 4.79 Å². The maximum atomic E-state index is 11.8. The zero-order valence-corrected chi connectivity index (χ0v) is 10.6. The zero-order valence-electron chi connectivity index (χ0n) is 10.6. The molecule has 0 aliphatic carbocycles. The Bertz CT molecular complexity index is 585.